The highest BCUT2D eigenvalue weighted by atomic mass is 35.5. The smallest absolute Gasteiger partial charge is 0.0707 e. The van der Waals surface area contributed by atoms with Gasteiger partial charge in [-0.05, 0) is 60.2 Å². The number of likely N-dealkylation sites (tertiary alicyclic amines) is 1. The highest BCUT2D eigenvalue weighted by Crippen LogP contribution is 2.28. The maximum absolute atomic E-state index is 10.6. The summed E-state index contributed by atoms with van der Waals surface area (Å²) in [5.41, 5.74) is 2.68. The fraction of sp³-hybridized carbons (Fsp3) is 0.333. The van der Waals surface area contributed by atoms with E-state index in [-0.39, 0.29) is 18.5 Å². The molecule has 1 atom stereocenters. The Balaban J connectivity index is 0.00000210. The first-order valence-corrected chi connectivity index (χ1v) is 9.71. The number of halogens is 1. The summed E-state index contributed by atoms with van der Waals surface area (Å²) in [6.45, 7) is 2.93. The van der Waals surface area contributed by atoms with Crippen LogP contribution in [0.4, 0.5) is 0 Å². The maximum Gasteiger partial charge on any atom is 0.0707 e. The van der Waals surface area contributed by atoms with Crippen LogP contribution in [-0.4, -0.2) is 35.7 Å². The number of benzene rings is 3. The maximum atomic E-state index is 10.6. The molecule has 0 bridgehead atoms. The Bertz CT molecular complexity index is 843. The van der Waals surface area contributed by atoms with Crippen LogP contribution in [0.1, 0.15) is 29.9 Å². The second-order valence-electron chi connectivity index (χ2n) is 7.53. The molecule has 2 nitrogen and oxygen atoms in total. The molecule has 0 aliphatic carbocycles. The third-order valence-electron chi connectivity index (χ3n) is 5.61. The van der Waals surface area contributed by atoms with Gasteiger partial charge in [0.05, 0.1) is 6.10 Å². The Morgan fingerprint density at radius 2 is 1.52 bits per heavy atom. The van der Waals surface area contributed by atoms with Gasteiger partial charge >= 0.3 is 0 Å². The van der Waals surface area contributed by atoms with E-state index in [0.29, 0.717) is 5.92 Å². The summed E-state index contributed by atoms with van der Waals surface area (Å²) in [5, 5.41) is 13.1. The molecule has 1 saturated heterocycles. The van der Waals surface area contributed by atoms with Crippen LogP contribution in [0, 0.1) is 0 Å². The zero-order valence-corrected chi connectivity index (χ0v) is 16.4. The van der Waals surface area contributed by atoms with Crippen molar-refractivity contribution in [2.24, 2.45) is 0 Å². The van der Waals surface area contributed by atoms with E-state index in [1.165, 1.54) is 34.7 Å². The summed E-state index contributed by atoms with van der Waals surface area (Å²) in [4.78, 5) is 2.42. The van der Waals surface area contributed by atoms with Crippen LogP contribution in [0.15, 0.2) is 72.8 Å². The van der Waals surface area contributed by atoms with Gasteiger partial charge in [-0.1, -0.05) is 72.8 Å². The minimum atomic E-state index is -0.301. The molecule has 1 aliphatic rings. The van der Waals surface area contributed by atoms with Gasteiger partial charge in [0.15, 0.2) is 0 Å². The van der Waals surface area contributed by atoms with E-state index >= 15 is 0 Å². The predicted molar refractivity (Wildman–Crippen MR) is 116 cm³/mol. The van der Waals surface area contributed by atoms with E-state index in [1.54, 1.807) is 0 Å². The van der Waals surface area contributed by atoms with Crippen LogP contribution in [0.3, 0.4) is 0 Å². The van der Waals surface area contributed by atoms with Crippen molar-refractivity contribution in [2.75, 3.05) is 19.6 Å². The quantitative estimate of drug-likeness (QED) is 0.668. The molecule has 0 saturated carbocycles. The molecular formula is C24H28ClNO. The normalized spacial score (nSPS) is 16.8. The molecule has 27 heavy (non-hydrogen) atoms. The monoisotopic (exact) mass is 381 g/mol. The van der Waals surface area contributed by atoms with Crippen molar-refractivity contribution in [3.05, 3.63) is 83.9 Å². The lowest BCUT2D eigenvalue weighted by atomic mass is 9.89. The predicted octanol–water partition coefficient (Wildman–Crippen LogP) is 5.04. The SMILES string of the molecule is Cl.OC(Cc1ccc2ccccc2c1)CN1CCC(c2ccccc2)CC1. The Hall–Kier alpha value is -1.87. The molecule has 0 spiro atoms. The Morgan fingerprint density at radius 3 is 2.26 bits per heavy atom. The molecule has 142 valence electrons. The fourth-order valence-corrected chi connectivity index (χ4v) is 4.17. The third kappa shape index (κ3) is 5.10. The summed E-state index contributed by atoms with van der Waals surface area (Å²) < 4.78 is 0. The van der Waals surface area contributed by atoms with Crippen molar-refractivity contribution in [3.8, 4) is 0 Å². The molecule has 1 unspecified atom stereocenters. The molecule has 3 heteroatoms. The first kappa shape index (κ1) is 19.9. The first-order chi connectivity index (χ1) is 12.8. The van der Waals surface area contributed by atoms with Crippen molar-refractivity contribution >= 4 is 23.2 Å². The number of hydrogen-bond donors (Lipinski definition) is 1. The molecule has 1 heterocycles. The van der Waals surface area contributed by atoms with Gasteiger partial charge in [0.1, 0.15) is 0 Å². The van der Waals surface area contributed by atoms with E-state index in [1.807, 2.05) is 0 Å². The second-order valence-corrected chi connectivity index (χ2v) is 7.53. The second kappa shape index (κ2) is 9.36. The van der Waals surface area contributed by atoms with E-state index in [9.17, 15) is 5.11 Å². The standard InChI is InChI=1S/C24H27NO.ClH/c26-24(17-19-10-11-21-8-4-5-9-23(21)16-19)18-25-14-12-22(13-15-25)20-6-2-1-3-7-20;/h1-11,16,22,24,26H,12-15,17-18H2;1H. The molecule has 3 aromatic rings. The van der Waals surface area contributed by atoms with Crippen LogP contribution < -0.4 is 0 Å². The first-order valence-electron chi connectivity index (χ1n) is 9.71. The summed E-state index contributed by atoms with van der Waals surface area (Å²) in [7, 11) is 0. The number of aliphatic hydroxyl groups excluding tert-OH is 1. The van der Waals surface area contributed by atoms with Gasteiger partial charge in [0.25, 0.3) is 0 Å². The lowest BCUT2D eigenvalue weighted by molar-refractivity contribution is 0.0972. The van der Waals surface area contributed by atoms with Gasteiger partial charge in [-0.25, -0.2) is 0 Å². The van der Waals surface area contributed by atoms with E-state index < -0.39 is 0 Å². The number of nitrogens with zero attached hydrogens (tertiary/aromatic N) is 1. The van der Waals surface area contributed by atoms with Crippen LogP contribution in [0.25, 0.3) is 10.8 Å². The van der Waals surface area contributed by atoms with Crippen LogP contribution in [0.5, 0.6) is 0 Å². The fourth-order valence-electron chi connectivity index (χ4n) is 4.17. The molecule has 3 aromatic carbocycles. The van der Waals surface area contributed by atoms with Crippen molar-refractivity contribution in [1.29, 1.82) is 0 Å². The molecule has 1 aliphatic heterocycles. The minimum absolute atomic E-state index is 0. The Morgan fingerprint density at radius 1 is 0.852 bits per heavy atom. The zero-order valence-electron chi connectivity index (χ0n) is 15.6. The topological polar surface area (TPSA) is 23.5 Å². The number of rotatable bonds is 5. The van der Waals surface area contributed by atoms with Gasteiger partial charge < -0.3 is 10.0 Å². The summed E-state index contributed by atoms with van der Waals surface area (Å²) in [6, 6.07) is 25.8. The number of hydrogen-bond acceptors (Lipinski definition) is 2. The highest BCUT2D eigenvalue weighted by molar-refractivity contribution is 5.85. The molecule has 0 amide bonds. The average molecular weight is 382 g/mol. The average Bonchev–Trinajstić information content (AvgIpc) is 2.69. The summed E-state index contributed by atoms with van der Waals surface area (Å²) in [5.74, 6) is 0.671. The van der Waals surface area contributed by atoms with Crippen LogP contribution in [0.2, 0.25) is 0 Å². The largest absolute Gasteiger partial charge is 0.391 e. The van der Waals surface area contributed by atoms with Crippen LogP contribution in [-0.2, 0) is 6.42 Å². The number of piperidine rings is 1. The van der Waals surface area contributed by atoms with Crippen molar-refractivity contribution in [2.45, 2.75) is 31.3 Å². The van der Waals surface area contributed by atoms with Crippen molar-refractivity contribution < 1.29 is 5.11 Å². The molecular weight excluding hydrogens is 354 g/mol. The van der Waals surface area contributed by atoms with Gasteiger partial charge in [-0.3, -0.25) is 0 Å². The van der Waals surface area contributed by atoms with E-state index in [0.717, 1.165) is 26.1 Å². The molecule has 4 rings (SSSR count). The summed E-state index contributed by atoms with van der Waals surface area (Å²) >= 11 is 0. The van der Waals surface area contributed by atoms with E-state index in [2.05, 4.69) is 77.7 Å². The highest BCUT2D eigenvalue weighted by Gasteiger charge is 2.22. The van der Waals surface area contributed by atoms with Crippen molar-refractivity contribution in [1.82, 2.24) is 4.90 Å². The minimum Gasteiger partial charge on any atom is -0.391 e. The zero-order chi connectivity index (χ0) is 17.8. The number of β-amino-alcohol motifs (C(OH)–C–C–N with tert-alkyl or cyclic N) is 1. The summed E-state index contributed by atoms with van der Waals surface area (Å²) in [6.07, 6.45) is 2.80. The van der Waals surface area contributed by atoms with E-state index in [4.69, 9.17) is 0 Å². The molecule has 0 radical (unpaired) electrons. The lowest BCUT2D eigenvalue weighted by Gasteiger charge is -2.33. The Labute approximate surface area is 168 Å². The molecule has 1 fully saturated rings. The molecule has 0 aromatic heterocycles. The van der Waals surface area contributed by atoms with Crippen LogP contribution >= 0.6 is 12.4 Å². The van der Waals surface area contributed by atoms with Crippen molar-refractivity contribution in [3.63, 3.8) is 0 Å². The molecule has 1 N–H and O–H groups in total. The number of aliphatic hydroxyl groups is 1. The van der Waals surface area contributed by atoms with Gasteiger partial charge in [0, 0.05) is 6.54 Å². The number of fused-ring (bicyclic) bond motifs is 1. The van der Waals surface area contributed by atoms with Gasteiger partial charge in [-0.15, -0.1) is 12.4 Å². The lowest BCUT2D eigenvalue weighted by Crippen LogP contribution is -2.39. The van der Waals surface area contributed by atoms with Gasteiger partial charge in [0.2, 0.25) is 0 Å². The Kier molecular flexibility index (Phi) is 6.89. The van der Waals surface area contributed by atoms with Gasteiger partial charge in [-0.2, -0.15) is 0 Å². The third-order valence-corrected chi connectivity index (χ3v) is 5.61.